The smallest absolute Gasteiger partial charge is 0.341 e. The minimum Gasteiger partial charge on any atom is -0.462 e. The number of nitrogens with zero attached hydrogens (tertiary/aromatic N) is 3. The Morgan fingerprint density at radius 1 is 1.39 bits per heavy atom. The van der Waals surface area contributed by atoms with Gasteiger partial charge < -0.3 is 10.1 Å². The van der Waals surface area contributed by atoms with Gasteiger partial charge in [0.15, 0.2) is 0 Å². The predicted molar refractivity (Wildman–Crippen MR) is 113 cm³/mol. The van der Waals surface area contributed by atoms with Crippen LogP contribution in [0, 0.1) is 0 Å². The summed E-state index contributed by atoms with van der Waals surface area (Å²) in [5.74, 6) is -0.321. The van der Waals surface area contributed by atoms with E-state index < -0.39 is 0 Å². The van der Waals surface area contributed by atoms with Crippen LogP contribution in [0.5, 0.6) is 0 Å². The van der Waals surface area contributed by atoms with Gasteiger partial charge in [-0.05, 0) is 38.1 Å². The van der Waals surface area contributed by atoms with Crippen LogP contribution >= 0.6 is 0 Å². The van der Waals surface area contributed by atoms with Crippen molar-refractivity contribution in [2.75, 3.05) is 18.5 Å². The first-order valence-electron chi connectivity index (χ1n) is 9.61. The van der Waals surface area contributed by atoms with Gasteiger partial charge >= 0.3 is 5.97 Å². The van der Waals surface area contributed by atoms with Crippen molar-refractivity contribution >= 4 is 24.1 Å². The van der Waals surface area contributed by atoms with Gasteiger partial charge in [-0.3, -0.25) is 9.67 Å². The number of aliphatic imine (C=N–C) groups is 1. The molecule has 146 valence electrons. The molecule has 28 heavy (non-hydrogen) atoms. The molecule has 1 aliphatic heterocycles. The van der Waals surface area contributed by atoms with Crippen molar-refractivity contribution in [3.05, 3.63) is 65.0 Å². The second-order valence-electron chi connectivity index (χ2n) is 6.42. The summed E-state index contributed by atoms with van der Waals surface area (Å²) >= 11 is 0. The summed E-state index contributed by atoms with van der Waals surface area (Å²) in [5, 5.41) is 7.76. The number of carbonyl (C=O) groups excluding carboxylic acids is 1. The first kappa shape index (κ1) is 19.6. The number of nitrogens with one attached hydrogen (secondary N) is 1. The van der Waals surface area contributed by atoms with E-state index in [4.69, 9.17) is 4.74 Å². The topological polar surface area (TPSA) is 68.5 Å². The van der Waals surface area contributed by atoms with Crippen LogP contribution < -0.4 is 5.32 Å². The Kier molecular flexibility index (Phi) is 6.42. The Bertz CT molecular complexity index is 925. The van der Waals surface area contributed by atoms with E-state index in [0.717, 1.165) is 35.6 Å². The second kappa shape index (κ2) is 9.17. The molecule has 0 bridgehead atoms. The molecule has 0 saturated heterocycles. The molecule has 6 nitrogen and oxygen atoms in total. The van der Waals surface area contributed by atoms with E-state index in [9.17, 15) is 4.79 Å². The molecular formula is C22H26N4O2. The zero-order valence-corrected chi connectivity index (χ0v) is 16.4. The van der Waals surface area contributed by atoms with Gasteiger partial charge in [-0.2, -0.15) is 5.10 Å². The lowest BCUT2D eigenvalue weighted by molar-refractivity contribution is 0.0525. The average Bonchev–Trinajstić information content (AvgIpc) is 3.34. The number of rotatable bonds is 8. The summed E-state index contributed by atoms with van der Waals surface area (Å²) in [7, 11) is 0. The standard InChI is InChI=1S/C22H26N4O2/c1-4-20-18(22(27)28-5-2)15-25-26(20)14-7-6-11-19(23-3)17-10-8-9-16-12-13-24-21(16)17/h6-11,15,24H,3-5,12-14H2,1-2H3/b7-6-,19-11-. The number of fused-ring (bicyclic) bond motifs is 1. The summed E-state index contributed by atoms with van der Waals surface area (Å²) in [5.41, 5.74) is 5.76. The van der Waals surface area contributed by atoms with Crippen LogP contribution in [0.3, 0.4) is 0 Å². The van der Waals surface area contributed by atoms with Gasteiger partial charge in [-0.15, -0.1) is 0 Å². The number of allylic oxidation sites excluding steroid dienone is 3. The van der Waals surface area contributed by atoms with Crippen LogP contribution in [0.2, 0.25) is 0 Å². The molecule has 0 radical (unpaired) electrons. The van der Waals surface area contributed by atoms with Crippen LogP contribution in [-0.4, -0.2) is 35.6 Å². The van der Waals surface area contributed by atoms with Gasteiger partial charge in [0.05, 0.1) is 30.7 Å². The molecule has 0 unspecified atom stereocenters. The van der Waals surface area contributed by atoms with Gasteiger partial charge in [-0.25, -0.2) is 4.79 Å². The summed E-state index contributed by atoms with van der Waals surface area (Å²) in [6.45, 7) is 9.39. The number of carbonyl (C=O) groups is 1. The molecule has 0 amide bonds. The fourth-order valence-corrected chi connectivity index (χ4v) is 3.42. The van der Waals surface area contributed by atoms with Gasteiger partial charge in [0.1, 0.15) is 5.56 Å². The quantitative estimate of drug-likeness (QED) is 0.430. The van der Waals surface area contributed by atoms with Crippen molar-refractivity contribution in [2.45, 2.75) is 33.2 Å². The molecule has 2 heterocycles. The van der Waals surface area contributed by atoms with Gasteiger partial charge in [0, 0.05) is 17.8 Å². The maximum atomic E-state index is 12.0. The van der Waals surface area contributed by atoms with Crippen molar-refractivity contribution in [3.63, 3.8) is 0 Å². The number of benzene rings is 1. The highest BCUT2D eigenvalue weighted by atomic mass is 16.5. The molecule has 0 atom stereocenters. The van der Waals surface area contributed by atoms with E-state index in [1.54, 1.807) is 13.1 Å². The Morgan fingerprint density at radius 3 is 3.00 bits per heavy atom. The predicted octanol–water partition coefficient (Wildman–Crippen LogP) is 3.89. The summed E-state index contributed by atoms with van der Waals surface area (Å²) < 4.78 is 6.91. The van der Waals surface area contributed by atoms with Crippen molar-refractivity contribution in [1.29, 1.82) is 0 Å². The molecule has 6 heteroatoms. The third-order valence-electron chi connectivity index (χ3n) is 4.74. The van der Waals surface area contributed by atoms with Crippen LogP contribution in [0.4, 0.5) is 5.69 Å². The minimum atomic E-state index is -0.321. The normalized spacial score (nSPS) is 13.4. The molecule has 0 spiro atoms. The summed E-state index contributed by atoms with van der Waals surface area (Å²) in [6, 6.07) is 6.25. The third kappa shape index (κ3) is 4.06. The SMILES string of the molecule is C=N/C(=C\C=C/Cn1ncc(C(=O)OCC)c1CC)c1cccc2c1NCC2. The molecule has 0 fully saturated rings. The molecule has 0 saturated carbocycles. The monoisotopic (exact) mass is 378 g/mol. The highest BCUT2D eigenvalue weighted by molar-refractivity contribution is 5.90. The molecule has 1 aromatic carbocycles. The lowest BCUT2D eigenvalue weighted by Gasteiger charge is -2.08. The number of hydrogen-bond acceptors (Lipinski definition) is 5. The third-order valence-corrected chi connectivity index (χ3v) is 4.74. The van der Waals surface area contributed by atoms with Gasteiger partial charge in [-0.1, -0.05) is 37.3 Å². The molecule has 2 aromatic rings. The molecule has 3 rings (SSSR count). The summed E-state index contributed by atoms with van der Waals surface area (Å²) in [6.07, 6.45) is 9.21. The largest absolute Gasteiger partial charge is 0.462 e. The number of aromatic nitrogens is 2. The van der Waals surface area contributed by atoms with Crippen molar-refractivity contribution in [1.82, 2.24) is 9.78 Å². The molecule has 0 aliphatic carbocycles. The average molecular weight is 378 g/mol. The van der Waals surface area contributed by atoms with E-state index in [0.29, 0.717) is 25.1 Å². The molecular weight excluding hydrogens is 352 g/mol. The lowest BCUT2D eigenvalue weighted by atomic mass is 10.0. The van der Waals surface area contributed by atoms with Gasteiger partial charge in [0.25, 0.3) is 0 Å². The highest BCUT2D eigenvalue weighted by Gasteiger charge is 2.17. The Hall–Kier alpha value is -3.15. The Morgan fingerprint density at radius 2 is 2.25 bits per heavy atom. The number of ether oxygens (including phenoxy) is 1. The van der Waals surface area contributed by atoms with Crippen LogP contribution in [0.1, 0.15) is 41.0 Å². The lowest BCUT2D eigenvalue weighted by Crippen LogP contribution is -2.09. The Labute approximate surface area is 165 Å². The maximum Gasteiger partial charge on any atom is 0.341 e. The highest BCUT2D eigenvalue weighted by Crippen LogP contribution is 2.31. The fraction of sp³-hybridized carbons (Fsp3) is 0.318. The van der Waals surface area contributed by atoms with Crippen LogP contribution in [0.25, 0.3) is 5.70 Å². The number of anilines is 1. The van der Waals surface area contributed by atoms with E-state index in [2.05, 4.69) is 40.3 Å². The number of hydrogen-bond donors (Lipinski definition) is 1. The van der Waals surface area contributed by atoms with Crippen molar-refractivity contribution in [3.8, 4) is 0 Å². The first-order chi connectivity index (χ1) is 13.7. The van der Waals surface area contributed by atoms with E-state index >= 15 is 0 Å². The molecule has 1 N–H and O–H groups in total. The first-order valence-corrected chi connectivity index (χ1v) is 9.61. The van der Waals surface area contributed by atoms with E-state index in [-0.39, 0.29) is 5.97 Å². The van der Waals surface area contributed by atoms with Gasteiger partial charge in [0.2, 0.25) is 0 Å². The van der Waals surface area contributed by atoms with E-state index in [1.807, 2.05) is 29.8 Å². The molecule has 1 aromatic heterocycles. The zero-order chi connectivity index (χ0) is 19.9. The Balaban J connectivity index is 1.75. The fourth-order valence-electron chi connectivity index (χ4n) is 3.42. The molecule has 1 aliphatic rings. The number of esters is 1. The van der Waals surface area contributed by atoms with Crippen molar-refractivity contribution in [2.24, 2.45) is 4.99 Å². The maximum absolute atomic E-state index is 12.0. The minimum absolute atomic E-state index is 0.321. The van der Waals surface area contributed by atoms with Crippen molar-refractivity contribution < 1.29 is 9.53 Å². The number of para-hydroxylation sites is 1. The second-order valence-corrected chi connectivity index (χ2v) is 6.42. The van der Waals surface area contributed by atoms with E-state index in [1.165, 1.54) is 5.56 Å². The van der Waals surface area contributed by atoms with Crippen LogP contribution in [-0.2, 0) is 24.1 Å². The zero-order valence-electron chi connectivity index (χ0n) is 16.4. The van der Waals surface area contributed by atoms with Crippen LogP contribution in [0.15, 0.2) is 47.6 Å². The summed E-state index contributed by atoms with van der Waals surface area (Å²) in [4.78, 5) is 16.2.